The average molecular weight is 310 g/mol. The first kappa shape index (κ1) is 15.0. The number of halogens is 1. The quantitative estimate of drug-likeness (QED) is 0.923. The van der Waals surface area contributed by atoms with Crippen LogP contribution in [0, 0.1) is 0 Å². The summed E-state index contributed by atoms with van der Waals surface area (Å²) in [4.78, 5) is 0.722. The zero-order valence-corrected chi connectivity index (χ0v) is 12.7. The van der Waals surface area contributed by atoms with Crippen LogP contribution in [-0.4, -0.2) is 17.1 Å². The van der Waals surface area contributed by atoms with Crippen LogP contribution < -0.4 is 10.5 Å². The van der Waals surface area contributed by atoms with Crippen LogP contribution >= 0.6 is 11.6 Å². The van der Waals surface area contributed by atoms with Crippen molar-refractivity contribution in [2.45, 2.75) is 10.9 Å². The third kappa shape index (κ3) is 3.60. The van der Waals surface area contributed by atoms with E-state index in [0.717, 1.165) is 10.5 Å². The lowest BCUT2D eigenvalue weighted by atomic mass is 10.1. The zero-order chi connectivity index (χ0) is 14.5. The molecule has 3 nitrogen and oxygen atoms in total. The van der Waals surface area contributed by atoms with Crippen LogP contribution in [-0.2, 0) is 10.8 Å². The van der Waals surface area contributed by atoms with E-state index >= 15 is 0 Å². The van der Waals surface area contributed by atoms with Crippen LogP contribution in [0.15, 0.2) is 53.4 Å². The second-order valence-electron chi connectivity index (χ2n) is 4.31. The van der Waals surface area contributed by atoms with Crippen molar-refractivity contribution in [3.63, 3.8) is 0 Å². The van der Waals surface area contributed by atoms with Crippen molar-refractivity contribution in [3.8, 4) is 5.75 Å². The highest BCUT2D eigenvalue weighted by Gasteiger charge is 2.15. The molecule has 5 heteroatoms. The first-order valence-electron chi connectivity index (χ1n) is 6.14. The van der Waals surface area contributed by atoms with Crippen LogP contribution in [0.5, 0.6) is 5.75 Å². The van der Waals surface area contributed by atoms with E-state index in [1.54, 1.807) is 31.4 Å². The molecule has 2 aromatic rings. The smallest absolute Gasteiger partial charge is 0.123 e. The van der Waals surface area contributed by atoms with Gasteiger partial charge in [0.05, 0.1) is 17.9 Å². The van der Waals surface area contributed by atoms with Crippen molar-refractivity contribution in [1.29, 1.82) is 0 Å². The van der Waals surface area contributed by atoms with Crippen molar-refractivity contribution < 1.29 is 8.95 Å². The van der Waals surface area contributed by atoms with E-state index in [-0.39, 0.29) is 6.04 Å². The van der Waals surface area contributed by atoms with Gasteiger partial charge in [-0.2, -0.15) is 0 Å². The van der Waals surface area contributed by atoms with Crippen LogP contribution in [0.1, 0.15) is 11.6 Å². The first-order chi connectivity index (χ1) is 9.61. The molecule has 0 bridgehead atoms. The van der Waals surface area contributed by atoms with Gasteiger partial charge in [0.1, 0.15) is 5.75 Å². The molecule has 106 valence electrons. The number of benzene rings is 2. The summed E-state index contributed by atoms with van der Waals surface area (Å²) in [5, 5.41) is 0.625. The molecule has 2 unspecified atom stereocenters. The fourth-order valence-corrected chi connectivity index (χ4v) is 3.17. The summed E-state index contributed by atoms with van der Waals surface area (Å²) >= 11 is 5.82. The summed E-state index contributed by atoms with van der Waals surface area (Å²) in [5.74, 6) is 1.05. The first-order valence-corrected chi connectivity index (χ1v) is 7.84. The lowest BCUT2D eigenvalue weighted by Gasteiger charge is -2.15. The molecule has 0 aliphatic rings. The van der Waals surface area contributed by atoms with Crippen LogP contribution in [0.3, 0.4) is 0 Å². The SMILES string of the molecule is COc1ccccc1C(N)CS(=O)c1ccc(Cl)cc1. The number of rotatable bonds is 5. The maximum absolute atomic E-state index is 12.3. The highest BCUT2D eigenvalue weighted by molar-refractivity contribution is 7.85. The second-order valence-corrected chi connectivity index (χ2v) is 6.25. The molecule has 2 atom stereocenters. The molecule has 0 fully saturated rings. The van der Waals surface area contributed by atoms with Crippen molar-refractivity contribution >= 4 is 22.4 Å². The Balaban J connectivity index is 2.13. The van der Waals surface area contributed by atoms with Gasteiger partial charge in [-0.25, -0.2) is 0 Å². The third-order valence-corrected chi connectivity index (χ3v) is 4.66. The van der Waals surface area contributed by atoms with Gasteiger partial charge < -0.3 is 10.5 Å². The normalized spacial score (nSPS) is 13.8. The van der Waals surface area contributed by atoms with E-state index in [9.17, 15) is 4.21 Å². The minimum atomic E-state index is -1.17. The van der Waals surface area contributed by atoms with Gasteiger partial charge in [0.25, 0.3) is 0 Å². The topological polar surface area (TPSA) is 52.3 Å². The van der Waals surface area contributed by atoms with Gasteiger partial charge >= 0.3 is 0 Å². The largest absolute Gasteiger partial charge is 0.496 e. The number of hydrogen-bond acceptors (Lipinski definition) is 3. The monoisotopic (exact) mass is 309 g/mol. The van der Waals surface area contributed by atoms with E-state index in [2.05, 4.69) is 0 Å². The van der Waals surface area contributed by atoms with Gasteiger partial charge in [-0.1, -0.05) is 29.8 Å². The van der Waals surface area contributed by atoms with Gasteiger partial charge in [-0.05, 0) is 30.3 Å². The number of hydrogen-bond donors (Lipinski definition) is 1. The Morgan fingerprint density at radius 1 is 1.20 bits per heavy atom. The number of methoxy groups -OCH3 is 1. The Hall–Kier alpha value is -1.36. The molecule has 0 amide bonds. The van der Waals surface area contributed by atoms with Gasteiger partial charge in [0.2, 0.25) is 0 Å². The number of nitrogens with two attached hydrogens (primary N) is 1. The molecule has 20 heavy (non-hydrogen) atoms. The van der Waals surface area contributed by atoms with Crippen LogP contribution in [0.25, 0.3) is 0 Å². The summed E-state index contributed by atoms with van der Waals surface area (Å²) in [6, 6.07) is 14.1. The molecular weight excluding hydrogens is 294 g/mol. The summed E-state index contributed by atoms with van der Waals surface area (Å²) in [6.45, 7) is 0. The lowest BCUT2D eigenvalue weighted by molar-refractivity contribution is 0.407. The van der Waals surface area contributed by atoms with Crippen LogP contribution in [0.2, 0.25) is 5.02 Å². The summed E-state index contributed by atoms with van der Waals surface area (Å²) in [5.41, 5.74) is 7.00. The summed E-state index contributed by atoms with van der Waals surface area (Å²) in [6.07, 6.45) is 0. The predicted octanol–water partition coefficient (Wildman–Crippen LogP) is 3.16. The van der Waals surface area contributed by atoms with Crippen molar-refractivity contribution in [2.75, 3.05) is 12.9 Å². The molecule has 0 aliphatic heterocycles. The lowest BCUT2D eigenvalue weighted by Crippen LogP contribution is -2.19. The minimum absolute atomic E-state index is 0.335. The maximum atomic E-state index is 12.3. The van der Waals surface area contributed by atoms with Gasteiger partial charge in [0, 0.05) is 27.3 Å². The summed E-state index contributed by atoms with van der Waals surface area (Å²) < 4.78 is 17.6. The van der Waals surface area contributed by atoms with Crippen molar-refractivity contribution in [1.82, 2.24) is 0 Å². The van der Waals surface area contributed by atoms with Gasteiger partial charge in [-0.3, -0.25) is 4.21 Å². The third-order valence-electron chi connectivity index (χ3n) is 2.95. The van der Waals surface area contributed by atoms with Gasteiger partial charge in [-0.15, -0.1) is 0 Å². The highest BCUT2D eigenvalue weighted by Crippen LogP contribution is 2.25. The average Bonchev–Trinajstić information content (AvgIpc) is 2.47. The highest BCUT2D eigenvalue weighted by atomic mass is 35.5. The molecule has 0 spiro atoms. The number of ether oxygens (including phenoxy) is 1. The molecule has 0 aliphatic carbocycles. The Morgan fingerprint density at radius 3 is 2.50 bits per heavy atom. The minimum Gasteiger partial charge on any atom is -0.496 e. The standard InChI is InChI=1S/C15H16ClNO2S/c1-19-15-5-3-2-4-13(15)14(17)10-20(18)12-8-6-11(16)7-9-12/h2-9,14H,10,17H2,1H3. The molecule has 2 aromatic carbocycles. The number of para-hydroxylation sites is 1. The maximum Gasteiger partial charge on any atom is 0.123 e. The predicted molar refractivity (Wildman–Crippen MR) is 82.6 cm³/mol. The van der Waals surface area contributed by atoms with E-state index in [0.29, 0.717) is 16.5 Å². The molecule has 2 N–H and O–H groups in total. The Labute approximate surface area is 126 Å². The summed E-state index contributed by atoms with van der Waals surface area (Å²) in [7, 11) is 0.427. The second kappa shape index (κ2) is 6.88. The van der Waals surface area contributed by atoms with Gasteiger partial charge in [0.15, 0.2) is 0 Å². The molecule has 0 saturated heterocycles. The molecule has 2 rings (SSSR count). The fourth-order valence-electron chi connectivity index (χ4n) is 1.91. The van der Waals surface area contributed by atoms with Crippen molar-refractivity contribution in [3.05, 3.63) is 59.1 Å². The zero-order valence-electron chi connectivity index (χ0n) is 11.1. The van der Waals surface area contributed by atoms with E-state index in [1.807, 2.05) is 24.3 Å². The van der Waals surface area contributed by atoms with E-state index in [1.165, 1.54) is 0 Å². The Bertz CT molecular complexity index is 601. The Kier molecular flexibility index (Phi) is 5.17. The molecule has 0 radical (unpaired) electrons. The van der Waals surface area contributed by atoms with E-state index < -0.39 is 10.8 Å². The molecule has 0 aromatic heterocycles. The van der Waals surface area contributed by atoms with E-state index in [4.69, 9.17) is 22.1 Å². The molecular formula is C15H16ClNO2S. The van der Waals surface area contributed by atoms with Crippen molar-refractivity contribution in [2.24, 2.45) is 5.73 Å². The molecule has 0 heterocycles. The fraction of sp³-hybridized carbons (Fsp3) is 0.200. The Morgan fingerprint density at radius 2 is 1.85 bits per heavy atom. The molecule has 0 saturated carbocycles. The van der Waals surface area contributed by atoms with Crippen LogP contribution in [0.4, 0.5) is 0 Å².